The van der Waals surface area contributed by atoms with Crippen molar-refractivity contribution in [2.45, 2.75) is 55.7 Å². The van der Waals surface area contributed by atoms with Crippen LogP contribution in [0.25, 0.3) is 11.4 Å². The van der Waals surface area contributed by atoms with Crippen molar-refractivity contribution in [1.29, 1.82) is 0 Å². The van der Waals surface area contributed by atoms with E-state index in [4.69, 9.17) is 4.99 Å². The second kappa shape index (κ2) is 13.4. The number of rotatable bonds is 10. The molecule has 9 nitrogen and oxygen atoms in total. The zero-order valence-electron chi connectivity index (χ0n) is 24.1. The number of nitrogens with zero attached hydrogens (tertiary/aromatic N) is 5. The molecular weight excluding hydrogens is 593 g/mol. The Kier molecular flexibility index (Phi) is 8.94. The zero-order valence-corrected chi connectivity index (χ0v) is 25.7. The number of benzene rings is 3. The van der Waals surface area contributed by atoms with Gasteiger partial charge < -0.3 is 9.88 Å². The molecule has 0 spiro atoms. The zero-order chi connectivity index (χ0) is 30.5. The molecule has 0 unspecified atom stereocenters. The highest BCUT2D eigenvalue weighted by Crippen LogP contribution is 2.40. The second-order valence-corrected chi connectivity index (χ2v) is 12.4. The van der Waals surface area contributed by atoms with E-state index in [1.807, 2.05) is 72.2 Å². The molecule has 0 saturated heterocycles. The fraction of sp³-hybridized carbons (Fsp3) is 0.212. The van der Waals surface area contributed by atoms with Gasteiger partial charge in [0.15, 0.2) is 11.0 Å². The molecule has 6 rings (SSSR count). The van der Waals surface area contributed by atoms with Crippen LogP contribution < -0.4 is 5.32 Å². The number of aryl methyl sites for hydroxylation is 1. The number of carbonyl (C=O) groups is 1. The summed E-state index contributed by atoms with van der Waals surface area (Å²) in [6.07, 6.45) is 5.50. The van der Waals surface area contributed by atoms with Crippen molar-refractivity contribution in [3.8, 4) is 11.4 Å². The lowest BCUT2D eigenvalue weighted by molar-refractivity contribution is -0.384. The van der Waals surface area contributed by atoms with Crippen LogP contribution in [0.15, 0.2) is 93.9 Å². The molecule has 222 valence electrons. The Morgan fingerprint density at radius 2 is 1.82 bits per heavy atom. The third-order valence-corrected chi connectivity index (χ3v) is 9.74. The molecule has 44 heavy (non-hydrogen) atoms. The molecule has 0 fully saturated rings. The van der Waals surface area contributed by atoms with Gasteiger partial charge in [-0.2, -0.15) is 0 Å². The van der Waals surface area contributed by atoms with E-state index in [1.54, 1.807) is 12.3 Å². The molecule has 0 aliphatic heterocycles. The van der Waals surface area contributed by atoms with Gasteiger partial charge in [0.1, 0.15) is 5.00 Å². The van der Waals surface area contributed by atoms with Crippen molar-refractivity contribution in [1.82, 2.24) is 20.1 Å². The van der Waals surface area contributed by atoms with Crippen LogP contribution in [0.5, 0.6) is 0 Å². The first-order chi connectivity index (χ1) is 21.5. The molecule has 0 atom stereocenters. The molecule has 3 aromatic carbocycles. The van der Waals surface area contributed by atoms with Crippen molar-refractivity contribution in [2.24, 2.45) is 4.99 Å². The van der Waals surface area contributed by atoms with Gasteiger partial charge in [0, 0.05) is 52.3 Å². The van der Waals surface area contributed by atoms with Gasteiger partial charge in [-0.25, -0.2) is 4.99 Å². The first-order valence-electron chi connectivity index (χ1n) is 14.5. The molecule has 0 bridgehead atoms. The predicted octanol–water partition coefficient (Wildman–Crippen LogP) is 7.65. The molecule has 11 heteroatoms. The minimum Gasteiger partial charge on any atom is -0.348 e. The van der Waals surface area contributed by atoms with E-state index in [1.165, 1.54) is 40.1 Å². The highest BCUT2D eigenvalue weighted by atomic mass is 32.2. The number of aromatic nitrogens is 3. The van der Waals surface area contributed by atoms with Gasteiger partial charge in [0.2, 0.25) is 0 Å². The van der Waals surface area contributed by atoms with E-state index in [9.17, 15) is 14.9 Å². The van der Waals surface area contributed by atoms with Gasteiger partial charge >= 0.3 is 0 Å². The number of thiophene rings is 1. The summed E-state index contributed by atoms with van der Waals surface area (Å²) in [5.41, 5.74) is 4.18. The van der Waals surface area contributed by atoms with Gasteiger partial charge in [-0.1, -0.05) is 60.7 Å². The average Bonchev–Trinajstić information content (AvgIpc) is 3.64. The number of carbonyl (C=O) groups excluding carboxylic acids is 1. The average molecular weight is 623 g/mol. The Hall–Kier alpha value is -4.61. The molecule has 5 aromatic rings. The van der Waals surface area contributed by atoms with Crippen molar-refractivity contribution < 1.29 is 9.72 Å². The summed E-state index contributed by atoms with van der Waals surface area (Å²) in [6.45, 7) is 3.10. The highest BCUT2D eigenvalue weighted by molar-refractivity contribution is 7.99. The van der Waals surface area contributed by atoms with Crippen LogP contribution in [-0.2, 0) is 25.9 Å². The maximum absolute atomic E-state index is 13.5. The summed E-state index contributed by atoms with van der Waals surface area (Å²) < 4.78 is 2.02. The molecule has 0 radical (unpaired) electrons. The Morgan fingerprint density at radius 1 is 1.07 bits per heavy atom. The second-order valence-electron chi connectivity index (χ2n) is 10.3. The van der Waals surface area contributed by atoms with Crippen LogP contribution in [0.2, 0.25) is 0 Å². The minimum absolute atomic E-state index is 0.0379. The molecule has 1 N–H and O–H groups in total. The van der Waals surface area contributed by atoms with Crippen molar-refractivity contribution in [2.75, 3.05) is 0 Å². The fourth-order valence-electron chi connectivity index (χ4n) is 5.26. The first-order valence-corrected chi connectivity index (χ1v) is 16.1. The number of hydrogen-bond donors (Lipinski definition) is 1. The first kappa shape index (κ1) is 29.5. The maximum atomic E-state index is 13.5. The normalized spacial score (nSPS) is 12.8. The van der Waals surface area contributed by atoms with Crippen LogP contribution in [0.4, 0.5) is 10.7 Å². The van der Waals surface area contributed by atoms with E-state index >= 15 is 0 Å². The Bertz CT molecular complexity index is 1830. The van der Waals surface area contributed by atoms with Crippen LogP contribution in [0.3, 0.4) is 0 Å². The van der Waals surface area contributed by atoms with E-state index in [2.05, 4.69) is 15.5 Å². The SMILES string of the molecule is CCn1c(Sc2ccc([N+](=O)[O-])cc2C=Nc2sc3c(c2C(=O)NCc2ccccc2)CCCC3)nnc1-c1ccccc1. The van der Waals surface area contributed by atoms with Crippen LogP contribution in [0, 0.1) is 10.1 Å². The lowest BCUT2D eigenvalue weighted by Crippen LogP contribution is -2.24. The maximum Gasteiger partial charge on any atom is 0.270 e. The van der Waals surface area contributed by atoms with Crippen molar-refractivity contribution in [3.63, 3.8) is 0 Å². The van der Waals surface area contributed by atoms with E-state index in [-0.39, 0.29) is 11.6 Å². The summed E-state index contributed by atoms with van der Waals surface area (Å²) in [4.78, 5) is 31.6. The minimum atomic E-state index is -0.417. The topological polar surface area (TPSA) is 115 Å². The van der Waals surface area contributed by atoms with E-state index in [0.717, 1.165) is 53.1 Å². The standard InChI is InChI=1S/C33H30N6O3S2/c1-2-38-30(23-13-7-4-8-14-23)36-37-33(38)44-27-18-17-25(39(41)42)19-24(27)21-35-32-29(26-15-9-10-16-28(26)43-32)31(40)34-20-22-11-5-3-6-12-22/h3-8,11-14,17-19,21H,2,9-10,15-16,20H2,1H3,(H,34,40). The quantitative estimate of drug-likeness (QED) is 0.0972. The van der Waals surface area contributed by atoms with E-state index < -0.39 is 4.92 Å². The van der Waals surface area contributed by atoms with Gasteiger partial charge in [0.05, 0.1) is 10.5 Å². The molecular formula is C33H30N6O3S2. The number of nitro benzene ring substituents is 1. The third kappa shape index (κ3) is 6.34. The number of nitro groups is 1. The summed E-state index contributed by atoms with van der Waals surface area (Å²) in [5.74, 6) is 0.599. The number of hydrogen-bond acceptors (Lipinski definition) is 8. The summed E-state index contributed by atoms with van der Waals surface area (Å²) >= 11 is 2.91. The van der Waals surface area contributed by atoms with Gasteiger partial charge in [-0.3, -0.25) is 14.9 Å². The third-order valence-electron chi connectivity index (χ3n) is 7.47. The lowest BCUT2D eigenvalue weighted by Gasteiger charge is -2.13. The van der Waals surface area contributed by atoms with Crippen molar-refractivity contribution in [3.05, 3.63) is 116 Å². The highest BCUT2D eigenvalue weighted by Gasteiger charge is 2.25. The molecule has 1 amide bonds. The van der Waals surface area contributed by atoms with Gasteiger partial charge in [-0.05, 0) is 61.6 Å². The summed E-state index contributed by atoms with van der Waals surface area (Å²) in [5, 5.41) is 24.9. The number of fused-ring (bicyclic) bond motifs is 1. The summed E-state index contributed by atoms with van der Waals surface area (Å²) in [6, 6.07) is 24.4. The fourth-order valence-corrected chi connectivity index (χ4v) is 7.46. The van der Waals surface area contributed by atoms with Gasteiger partial charge in [-0.15, -0.1) is 21.5 Å². The van der Waals surface area contributed by atoms with Crippen LogP contribution >= 0.6 is 23.1 Å². The number of aliphatic imine (C=N–C) groups is 1. The molecule has 0 saturated carbocycles. The van der Waals surface area contributed by atoms with Crippen molar-refractivity contribution >= 4 is 45.9 Å². The molecule has 1 aliphatic rings. The Morgan fingerprint density at radius 3 is 2.57 bits per heavy atom. The number of amides is 1. The molecule has 2 heterocycles. The largest absolute Gasteiger partial charge is 0.348 e. The van der Waals surface area contributed by atoms with Crippen LogP contribution in [-0.4, -0.2) is 31.8 Å². The van der Waals surface area contributed by atoms with Gasteiger partial charge in [0.25, 0.3) is 11.6 Å². The smallest absolute Gasteiger partial charge is 0.270 e. The molecule has 2 aromatic heterocycles. The number of non-ortho nitro benzene ring substituents is 1. The molecule has 1 aliphatic carbocycles. The predicted molar refractivity (Wildman–Crippen MR) is 174 cm³/mol. The monoisotopic (exact) mass is 622 g/mol. The number of nitrogens with one attached hydrogen (secondary N) is 1. The lowest BCUT2D eigenvalue weighted by atomic mass is 9.95. The Balaban J connectivity index is 1.34. The van der Waals surface area contributed by atoms with E-state index in [0.29, 0.717) is 34.4 Å². The summed E-state index contributed by atoms with van der Waals surface area (Å²) in [7, 11) is 0. The Labute approximate surface area is 263 Å². The van der Waals surface area contributed by atoms with Crippen LogP contribution in [0.1, 0.15) is 51.7 Å².